The van der Waals surface area contributed by atoms with Crippen LogP contribution in [0.5, 0.6) is 23.0 Å². The molecule has 0 radical (unpaired) electrons. The third-order valence-corrected chi connectivity index (χ3v) is 26.4. The Hall–Kier alpha value is -14.7. The Morgan fingerprint density at radius 2 is 0.567 bits per heavy atom. The fraction of sp³-hybridized carbons (Fsp3) is 0.451. The number of nitrogens with two attached hydrogens (primary N) is 4. The predicted octanol–water partition coefficient (Wildman–Crippen LogP) is 15.8. The number of pyridine rings is 4. The second kappa shape index (κ2) is 43.1. The highest BCUT2D eigenvalue weighted by Gasteiger charge is 2.49. The molecule has 4 aliphatic heterocycles. The lowest BCUT2D eigenvalue weighted by atomic mass is 9.94. The van der Waals surface area contributed by atoms with Crippen LogP contribution in [0.2, 0.25) is 0 Å². The first kappa shape index (κ1) is 109. The molecule has 4 aromatic carbocycles. The second-order valence-electron chi connectivity index (χ2n) is 38.8. The standard InChI is InChI=1S/C26H28F3N5O4.C26H30F3N5O4.C25H26F3N5O4.C25H28F3N5O4/c1-14(30)21-20(23(35)33-10-12-34(13-11-33)24(36)25(2)8-9-25)32-22(38-21)16-4-6-17(37-3)19-15(16)5-7-18(31-19)26(27,28)29;1-14(30)21-20(23(35)33-10-12-34(13-11-33)24(36)25(2,3)4)32-22(38-21)16-6-8-17(37-5)19-15(16)7-9-18(31-19)26(27,28)29;1-13(29)21-20(24(35)33-11-9-32(10-12-33)23(34)14-3-4-14)31-22(37-21)16-5-7-17(36-2)19-15(16)6-8-18(30-19)25(26,27)28;1-13(2)23(34)32-9-11-33(12-10-32)24(35)20-21(14(3)29)37-22(31-20)16-5-7-17(36-4)19-15(16)6-8-18(30-19)25(26,27)28/h4-7,14H,8-13,30H2,1-3H3;6-9,14H,10-13,30H2,1-5H3;5-8,13-14H,3-4,9-12,29H2,1-2H3;5-8,13-14H,9-12,29H2,1-4H3/t2*14-;13-;14-/m0000/s1. The molecule has 12 heterocycles. The smallest absolute Gasteiger partial charge is 0.433 e. The molecule has 4 atom stereocenters. The molecule has 18 rings (SSSR count). The number of piperazine rings is 4. The van der Waals surface area contributed by atoms with Gasteiger partial charge in [0.25, 0.3) is 23.6 Å². The average molecular weight is 2100 g/mol. The second-order valence-corrected chi connectivity index (χ2v) is 38.8. The number of aromatic nitrogens is 8. The van der Waals surface area contributed by atoms with Crippen LogP contribution >= 0.6 is 0 Å². The summed E-state index contributed by atoms with van der Waals surface area (Å²) < 4.78 is 204. The van der Waals surface area contributed by atoms with Crippen molar-refractivity contribution < 1.29 is 128 Å². The third kappa shape index (κ3) is 23.2. The van der Waals surface area contributed by atoms with Gasteiger partial charge in [0.1, 0.15) is 67.8 Å². The molecule has 6 aliphatic rings. The van der Waals surface area contributed by atoms with Gasteiger partial charge in [-0.25, -0.2) is 39.9 Å². The molecule has 12 aromatic rings. The van der Waals surface area contributed by atoms with E-state index in [9.17, 15) is 91.0 Å². The molecule has 0 unspecified atom stereocenters. The van der Waals surface area contributed by atoms with Crippen molar-refractivity contribution >= 4 is 90.9 Å². The number of amides is 8. The third-order valence-electron chi connectivity index (χ3n) is 26.4. The highest BCUT2D eigenvalue weighted by molar-refractivity contribution is 6.03. The number of hydrogen-bond acceptors (Lipinski definition) is 28. The fourth-order valence-corrected chi connectivity index (χ4v) is 17.7. The zero-order valence-electron chi connectivity index (χ0n) is 84.4. The Balaban J connectivity index is 0.000000149. The summed E-state index contributed by atoms with van der Waals surface area (Å²) in [6.07, 6.45) is -14.9. The normalized spacial score (nSPS) is 16.6. The monoisotopic (exact) mass is 2100 g/mol. The van der Waals surface area contributed by atoms with Crippen LogP contribution < -0.4 is 41.9 Å². The Kier molecular flexibility index (Phi) is 31.5. The molecule has 2 saturated carbocycles. The van der Waals surface area contributed by atoms with Gasteiger partial charge >= 0.3 is 24.7 Å². The molecular formula is C102H112F12N20O16. The SMILES string of the molecule is COc1ccc(-c2nc(C(=O)N3CCN(C(=O)C(C)(C)C)CC3)c([C@H](C)N)o2)c2ccc(C(F)(F)F)nc12.COc1ccc(-c2nc(C(=O)N3CCN(C(=O)C(C)C)CC3)c([C@H](C)N)o2)c2ccc(C(F)(F)F)nc12.COc1ccc(-c2nc(C(=O)N3CCN(C(=O)C4(C)CC4)CC3)c([C@H](C)N)o2)c2ccc(C(F)(F)F)nc12.COc1ccc(-c2nc(C(=O)N3CCN(C(=O)C4CC4)CC3)c([C@H](C)N)o2)c2ccc(C(F)(F)F)nc12. The van der Waals surface area contributed by atoms with Crippen molar-refractivity contribution in [1.82, 2.24) is 79.1 Å². The maximum absolute atomic E-state index is 13.5. The number of fused-ring (bicyclic) bond motifs is 4. The van der Waals surface area contributed by atoms with Crippen molar-refractivity contribution in [2.75, 3.05) is 133 Å². The molecule has 48 heteroatoms. The van der Waals surface area contributed by atoms with Gasteiger partial charge in [-0.1, -0.05) is 41.5 Å². The Morgan fingerprint density at radius 1 is 0.333 bits per heavy atom. The number of benzene rings is 4. The van der Waals surface area contributed by atoms with Crippen LogP contribution in [0.3, 0.4) is 0 Å². The molecule has 800 valence electrons. The highest BCUT2D eigenvalue weighted by Crippen LogP contribution is 2.49. The Bertz CT molecular complexity index is 6730. The minimum atomic E-state index is -4.64. The summed E-state index contributed by atoms with van der Waals surface area (Å²) in [6.45, 7) is 23.7. The van der Waals surface area contributed by atoms with Crippen molar-refractivity contribution in [3.63, 3.8) is 0 Å². The molecule has 150 heavy (non-hydrogen) atoms. The van der Waals surface area contributed by atoms with Gasteiger partial charge in [0.05, 0.1) is 52.6 Å². The maximum Gasteiger partial charge on any atom is 0.433 e. The Morgan fingerprint density at radius 3 is 0.780 bits per heavy atom. The van der Waals surface area contributed by atoms with Crippen LogP contribution in [0, 0.1) is 22.7 Å². The van der Waals surface area contributed by atoms with Crippen LogP contribution in [0.1, 0.15) is 207 Å². The number of carbonyl (C=O) groups is 8. The quantitative estimate of drug-likeness (QED) is 0.0546. The summed E-state index contributed by atoms with van der Waals surface area (Å²) >= 11 is 0. The lowest BCUT2D eigenvalue weighted by molar-refractivity contribution is -0.141. The number of oxazole rings is 4. The number of rotatable bonds is 19. The van der Waals surface area contributed by atoms with E-state index in [4.69, 9.17) is 59.6 Å². The van der Waals surface area contributed by atoms with Crippen molar-refractivity contribution in [2.45, 2.75) is 144 Å². The molecule has 4 saturated heterocycles. The summed E-state index contributed by atoms with van der Waals surface area (Å²) in [7, 11) is 5.34. The van der Waals surface area contributed by atoms with Crippen LogP contribution in [0.25, 0.3) is 89.4 Å². The van der Waals surface area contributed by atoms with E-state index in [2.05, 4.69) is 39.9 Å². The molecule has 2 aliphatic carbocycles. The molecule has 8 aromatic heterocycles. The van der Waals surface area contributed by atoms with Gasteiger partial charge in [0, 0.05) is 171 Å². The number of halogens is 12. The van der Waals surface area contributed by atoms with Crippen LogP contribution in [0.4, 0.5) is 52.7 Å². The van der Waals surface area contributed by atoms with Gasteiger partial charge in [-0.05, 0) is 150 Å². The molecular weight excluding hydrogens is 1990 g/mol. The molecule has 8 N–H and O–H groups in total. The van der Waals surface area contributed by atoms with E-state index in [0.717, 1.165) is 49.9 Å². The minimum absolute atomic E-state index is 0.0123. The summed E-state index contributed by atoms with van der Waals surface area (Å²) in [5.41, 5.74) is 20.7. The lowest BCUT2D eigenvalue weighted by Gasteiger charge is -2.37. The van der Waals surface area contributed by atoms with E-state index in [1.54, 1.807) is 91.2 Å². The van der Waals surface area contributed by atoms with Crippen molar-refractivity contribution in [3.05, 3.63) is 166 Å². The highest BCUT2D eigenvalue weighted by atomic mass is 19.4. The van der Waals surface area contributed by atoms with Crippen LogP contribution in [0.15, 0.2) is 115 Å². The van der Waals surface area contributed by atoms with E-state index in [1.165, 1.54) is 77.0 Å². The zero-order valence-corrected chi connectivity index (χ0v) is 84.4. The molecule has 6 fully saturated rings. The number of nitrogens with zero attached hydrogens (tertiary/aromatic N) is 16. The van der Waals surface area contributed by atoms with Gasteiger partial charge in [0.2, 0.25) is 47.2 Å². The minimum Gasteiger partial charge on any atom is -0.494 e. The van der Waals surface area contributed by atoms with Crippen LogP contribution in [-0.4, -0.2) is 259 Å². The van der Waals surface area contributed by atoms with Gasteiger partial charge in [-0.2, -0.15) is 52.7 Å². The summed E-state index contributed by atoms with van der Waals surface area (Å²) in [4.78, 5) is 150. The van der Waals surface area contributed by atoms with Gasteiger partial charge < -0.3 is 98.8 Å². The number of carbonyl (C=O) groups excluding carboxylic acids is 8. The molecule has 0 spiro atoms. The summed E-state index contributed by atoms with van der Waals surface area (Å²) in [5, 5.41) is 1.25. The van der Waals surface area contributed by atoms with Gasteiger partial charge in [-0.3, -0.25) is 38.4 Å². The van der Waals surface area contributed by atoms with E-state index in [1.807, 2.05) is 41.5 Å². The molecule has 0 bridgehead atoms. The molecule has 8 amide bonds. The van der Waals surface area contributed by atoms with Gasteiger partial charge in [0.15, 0.2) is 45.8 Å². The number of hydrogen-bond donors (Lipinski definition) is 4. The first-order chi connectivity index (χ1) is 70.6. The van der Waals surface area contributed by atoms with E-state index >= 15 is 0 Å². The Labute approximate surface area is 850 Å². The number of ether oxygens (including phenoxy) is 4. The fourth-order valence-electron chi connectivity index (χ4n) is 17.7. The average Bonchev–Trinajstić information content (AvgIpc) is 1.54. The van der Waals surface area contributed by atoms with Crippen molar-refractivity contribution in [1.29, 1.82) is 0 Å². The first-order valence-electron chi connectivity index (χ1n) is 48.2. The number of methoxy groups -OCH3 is 4. The topological polar surface area (TPSA) is 459 Å². The molecule has 36 nitrogen and oxygen atoms in total. The predicted molar refractivity (Wildman–Crippen MR) is 520 cm³/mol. The van der Waals surface area contributed by atoms with Crippen molar-refractivity contribution in [2.24, 2.45) is 45.6 Å². The van der Waals surface area contributed by atoms with Gasteiger partial charge in [-0.15, -0.1) is 0 Å². The van der Waals surface area contributed by atoms with E-state index in [-0.39, 0.29) is 167 Å². The summed E-state index contributed by atoms with van der Waals surface area (Å²) in [6, 6.07) is 18.1. The zero-order chi connectivity index (χ0) is 109. The van der Waals surface area contributed by atoms with Crippen molar-refractivity contribution in [3.8, 4) is 68.8 Å². The van der Waals surface area contributed by atoms with Crippen LogP contribution in [-0.2, 0) is 43.9 Å². The lowest BCUT2D eigenvalue weighted by Crippen LogP contribution is -2.53. The summed E-state index contributed by atoms with van der Waals surface area (Å²) in [5.74, 6) is 0.0915. The van der Waals surface area contributed by atoms with E-state index in [0.29, 0.717) is 149 Å². The first-order valence-corrected chi connectivity index (χ1v) is 48.2. The van der Waals surface area contributed by atoms with E-state index < -0.39 is 88.9 Å². The number of alkyl halides is 12. The maximum atomic E-state index is 13.5. The largest absolute Gasteiger partial charge is 0.494 e.